The van der Waals surface area contributed by atoms with Crippen molar-refractivity contribution in [2.45, 2.75) is 6.92 Å². The summed E-state index contributed by atoms with van der Waals surface area (Å²) in [5, 5.41) is 15.9. The Hall–Kier alpha value is -3.20. The first-order valence-electron chi connectivity index (χ1n) is 8.24. The number of hydrogen-bond donors (Lipinski definition) is 2. The van der Waals surface area contributed by atoms with Crippen LogP contribution in [-0.4, -0.2) is 58.5 Å². The van der Waals surface area contributed by atoms with Crippen LogP contribution in [0.2, 0.25) is 0 Å². The highest BCUT2D eigenvalue weighted by molar-refractivity contribution is 6.08. The van der Waals surface area contributed by atoms with Gasteiger partial charge in [0.05, 0.1) is 32.0 Å². The number of anilines is 1. The molecule has 1 aromatic carbocycles. The number of esters is 1. The molecular formula is C18H19FN4O4. The van der Waals surface area contributed by atoms with E-state index in [-0.39, 0.29) is 36.7 Å². The minimum absolute atomic E-state index is 0.0115. The molecule has 9 heteroatoms. The number of carbonyl (C=O) groups excluding carboxylic acids is 2. The summed E-state index contributed by atoms with van der Waals surface area (Å²) in [6.45, 7) is 1.71. The van der Waals surface area contributed by atoms with Crippen LogP contribution < -0.4 is 5.32 Å². The maximum atomic E-state index is 14.5. The number of amides is 1. The van der Waals surface area contributed by atoms with E-state index in [2.05, 4.69) is 10.4 Å². The number of aliphatic hydroxyl groups excluding tert-OH is 1. The molecule has 2 N–H and O–H groups in total. The van der Waals surface area contributed by atoms with E-state index in [1.54, 1.807) is 18.5 Å². The Morgan fingerprint density at radius 3 is 2.81 bits per heavy atom. The predicted molar refractivity (Wildman–Crippen MR) is 94.6 cm³/mol. The highest BCUT2D eigenvalue weighted by Crippen LogP contribution is 2.24. The van der Waals surface area contributed by atoms with E-state index in [0.29, 0.717) is 5.69 Å². The summed E-state index contributed by atoms with van der Waals surface area (Å²) in [7, 11) is 1.21. The quantitative estimate of drug-likeness (QED) is 0.732. The number of benzene rings is 1. The van der Waals surface area contributed by atoms with Gasteiger partial charge in [0, 0.05) is 18.4 Å². The summed E-state index contributed by atoms with van der Waals surface area (Å²) in [4.78, 5) is 25.8. The van der Waals surface area contributed by atoms with Crippen molar-refractivity contribution in [2.24, 2.45) is 0 Å². The number of aromatic nitrogens is 2. The molecule has 0 saturated carbocycles. The zero-order valence-electron chi connectivity index (χ0n) is 14.9. The van der Waals surface area contributed by atoms with E-state index in [1.165, 1.54) is 28.8 Å². The molecule has 1 aromatic heterocycles. The van der Waals surface area contributed by atoms with Gasteiger partial charge in [-0.25, -0.2) is 13.9 Å². The monoisotopic (exact) mass is 374 g/mol. The summed E-state index contributed by atoms with van der Waals surface area (Å²) in [6, 6.07) is 4.32. The van der Waals surface area contributed by atoms with Crippen molar-refractivity contribution in [2.75, 3.05) is 32.1 Å². The molecule has 142 valence electrons. The van der Waals surface area contributed by atoms with Gasteiger partial charge in [-0.2, -0.15) is 5.10 Å². The summed E-state index contributed by atoms with van der Waals surface area (Å²) in [5.74, 6) is -1.66. The van der Waals surface area contributed by atoms with Gasteiger partial charge in [0.15, 0.2) is 5.82 Å². The fourth-order valence-electron chi connectivity index (χ4n) is 2.81. The molecule has 3 rings (SSSR count). The van der Waals surface area contributed by atoms with E-state index in [4.69, 9.17) is 9.84 Å². The van der Waals surface area contributed by atoms with Gasteiger partial charge in [0.1, 0.15) is 11.4 Å². The van der Waals surface area contributed by atoms with Gasteiger partial charge in [0.2, 0.25) is 0 Å². The van der Waals surface area contributed by atoms with Crippen LogP contribution in [0.25, 0.3) is 5.69 Å². The third kappa shape index (κ3) is 3.68. The predicted octanol–water partition coefficient (Wildman–Crippen LogP) is 0.993. The van der Waals surface area contributed by atoms with E-state index >= 15 is 0 Å². The lowest BCUT2D eigenvalue weighted by Gasteiger charge is -2.15. The lowest BCUT2D eigenvalue weighted by Crippen LogP contribution is -2.31. The fourth-order valence-corrected chi connectivity index (χ4v) is 2.81. The van der Waals surface area contributed by atoms with Gasteiger partial charge in [-0.3, -0.25) is 4.79 Å². The summed E-state index contributed by atoms with van der Waals surface area (Å²) >= 11 is 0. The number of methoxy groups -OCH3 is 1. The molecule has 0 saturated heterocycles. The van der Waals surface area contributed by atoms with E-state index in [0.717, 1.165) is 5.56 Å². The van der Waals surface area contributed by atoms with Crippen molar-refractivity contribution < 1.29 is 23.8 Å². The summed E-state index contributed by atoms with van der Waals surface area (Å²) < 4.78 is 20.6. The highest BCUT2D eigenvalue weighted by Gasteiger charge is 2.34. The molecule has 1 amide bonds. The molecule has 0 spiro atoms. The van der Waals surface area contributed by atoms with Gasteiger partial charge in [-0.1, -0.05) is 0 Å². The van der Waals surface area contributed by atoms with Crippen LogP contribution in [0.5, 0.6) is 0 Å². The third-order valence-corrected chi connectivity index (χ3v) is 4.13. The first kappa shape index (κ1) is 18.6. The fraction of sp³-hybridized carbons (Fsp3) is 0.278. The number of aliphatic hydroxyl groups is 1. The molecule has 0 radical (unpaired) electrons. The normalized spacial score (nSPS) is 14.1. The molecular weight excluding hydrogens is 355 g/mol. The molecule has 1 aliphatic heterocycles. The Morgan fingerprint density at radius 1 is 1.44 bits per heavy atom. The van der Waals surface area contributed by atoms with Gasteiger partial charge in [-0.05, 0) is 30.7 Å². The minimum Gasteiger partial charge on any atom is -0.466 e. The topological polar surface area (TPSA) is 96.7 Å². The van der Waals surface area contributed by atoms with E-state index in [9.17, 15) is 14.0 Å². The minimum atomic E-state index is -0.657. The second kappa shape index (κ2) is 7.58. The van der Waals surface area contributed by atoms with Crippen LogP contribution in [0.4, 0.5) is 10.1 Å². The Labute approximate surface area is 154 Å². The first-order valence-corrected chi connectivity index (χ1v) is 8.24. The van der Waals surface area contributed by atoms with Crippen LogP contribution >= 0.6 is 0 Å². The number of nitrogens with one attached hydrogen (secondary N) is 1. The molecule has 2 heterocycles. The van der Waals surface area contributed by atoms with Crippen LogP contribution in [-0.2, 0) is 14.3 Å². The van der Waals surface area contributed by atoms with Crippen molar-refractivity contribution in [3.63, 3.8) is 0 Å². The lowest BCUT2D eigenvalue weighted by atomic mass is 10.2. The maximum absolute atomic E-state index is 14.5. The molecule has 8 nitrogen and oxygen atoms in total. The third-order valence-electron chi connectivity index (χ3n) is 4.13. The zero-order valence-corrected chi connectivity index (χ0v) is 14.9. The number of aryl methyl sites for hydroxylation is 1. The number of carbonyl (C=O) groups is 2. The average Bonchev–Trinajstić information content (AvgIpc) is 3.20. The first-order chi connectivity index (χ1) is 12.9. The lowest BCUT2D eigenvalue weighted by molar-refractivity contribution is -0.136. The number of rotatable bonds is 6. The summed E-state index contributed by atoms with van der Waals surface area (Å²) in [6.07, 6.45) is 3.31. The number of nitrogens with zero attached hydrogens (tertiary/aromatic N) is 3. The standard InChI is InChI=1S/C18H19FN4O4/c1-11-8-20-23(9-11)15-4-3-12(7-14(15)19)21-16-13(18(26)27-2)10-22(5-6-24)17(16)25/h3-4,7-9,21,24H,5-6,10H2,1-2H3. The SMILES string of the molecule is COC(=O)C1=C(Nc2ccc(-n3cc(C)cn3)c(F)c2)C(=O)N(CCO)C1. The van der Waals surface area contributed by atoms with Crippen LogP contribution in [0, 0.1) is 12.7 Å². The number of ether oxygens (including phenoxy) is 1. The van der Waals surface area contributed by atoms with Gasteiger partial charge >= 0.3 is 5.97 Å². The van der Waals surface area contributed by atoms with Crippen molar-refractivity contribution in [3.8, 4) is 5.69 Å². The Bertz CT molecular complexity index is 922. The molecule has 0 aliphatic carbocycles. The van der Waals surface area contributed by atoms with Crippen molar-refractivity contribution >= 4 is 17.6 Å². The average molecular weight is 374 g/mol. The second-order valence-electron chi connectivity index (χ2n) is 6.05. The van der Waals surface area contributed by atoms with Crippen LogP contribution in [0.15, 0.2) is 41.9 Å². The van der Waals surface area contributed by atoms with Gasteiger partial charge in [0.25, 0.3) is 5.91 Å². The van der Waals surface area contributed by atoms with Crippen molar-refractivity contribution in [1.82, 2.24) is 14.7 Å². The molecule has 0 unspecified atom stereocenters. The molecule has 27 heavy (non-hydrogen) atoms. The van der Waals surface area contributed by atoms with E-state index < -0.39 is 17.7 Å². The number of halogens is 1. The van der Waals surface area contributed by atoms with Crippen LogP contribution in [0.3, 0.4) is 0 Å². The molecule has 2 aromatic rings. The van der Waals surface area contributed by atoms with Gasteiger partial charge in [-0.15, -0.1) is 0 Å². The Morgan fingerprint density at radius 2 is 2.22 bits per heavy atom. The molecule has 0 fully saturated rings. The smallest absolute Gasteiger partial charge is 0.337 e. The van der Waals surface area contributed by atoms with Crippen LogP contribution in [0.1, 0.15) is 5.56 Å². The molecule has 1 aliphatic rings. The van der Waals surface area contributed by atoms with Crippen molar-refractivity contribution in [3.05, 3.63) is 53.2 Å². The Balaban J connectivity index is 1.89. The molecule has 0 atom stereocenters. The highest BCUT2D eigenvalue weighted by atomic mass is 19.1. The van der Waals surface area contributed by atoms with Gasteiger partial charge < -0.3 is 20.1 Å². The number of hydrogen-bond acceptors (Lipinski definition) is 6. The second-order valence-corrected chi connectivity index (χ2v) is 6.05. The largest absolute Gasteiger partial charge is 0.466 e. The Kier molecular flexibility index (Phi) is 5.22. The molecule has 0 bridgehead atoms. The number of β-amino-alcohol motifs (C(OH)–C–C–N with tert-alkyl or cyclic N) is 1. The van der Waals surface area contributed by atoms with E-state index in [1.807, 2.05) is 6.92 Å². The summed E-state index contributed by atoms with van der Waals surface area (Å²) in [5.41, 5.74) is 1.59. The zero-order chi connectivity index (χ0) is 19.6. The van der Waals surface area contributed by atoms with Crippen molar-refractivity contribution in [1.29, 1.82) is 0 Å². The maximum Gasteiger partial charge on any atom is 0.337 e.